The topological polar surface area (TPSA) is 38.4 Å². The molecule has 0 aliphatic carbocycles. The van der Waals surface area contributed by atoms with Gasteiger partial charge in [0.05, 0.1) is 5.69 Å². The largest absolute Gasteiger partial charge is 0.399 e. The smallest absolute Gasteiger partial charge is 0.0650 e. The average molecular weight is 275 g/mol. The van der Waals surface area contributed by atoms with E-state index in [1.54, 1.807) is 0 Å². The van der Waals surface area contributed by atoms with Gasteiger partial charge in [-0.3, -0.25) is 4.99 Å². The normalized spacial score (nSPS) is 10.8. The van der Waals surface area contributed by atoms with Crippen molar-refractivity contribution in [1.82, 2.24) is 0 Å². The van der Waals surface area contributed by atoms with Gasteiger partial charge in [-0.15, -0.1) is 0 Å². The predicted molar refractivity (Wildman–Crippen MR) is 72.3 cm³/mol. The molecular weight excluding hydrogens is 264 g/mol. The van der Waals surface area contributed by atoms with Gasteiger partial charge in [-0.2, -0.15) is 0 Å². The molecular formula is C13H11BrN2. The van der Waals surface area contributed by atoms with Gasteiger partial charge in [0.2, 0.25) is 0 Å². The molecule has 0 spiro atoms. The van der Waals surface area contributed by atoms with Crippen molar-refractivity contribution in [3.8, 4) is 0 Å². The Hall–Kier alpha value is -1.61. The van der Waals surface area contributed by atoms with Gasteiger partial charge in [0.1, 0.15) is 0 Å². The van der Waals surface area contributed by atoms with Gasteiger partial charge in [0.15, 0.2) is 0 Å². The summed E-state index contributed by atoms with van der Waals surface area (Å²) < 4.78 is 1.06. The van der Waals surface area contributed by atoms with Crippen LogP contribution in [0.25, 0.3) is 0 Å². The summed E-state index contributed by atoms with van der Waals surface area (Å²) in [6, 6.07) is 15.5. The van der Waals surface area contributed by atoms with Gasteiger partial charge in [0.25, 0.3) is 0 Å². The Morgan fingerprint density at radius 1 is 1.06 bits per heavy atom. The molecule has 0 fully saturated rings. The maximum Gasteiger partial charge on any atom is 0.0650 e. The predicted octanol–water partition coefficient (Wildman–Crippen LogP) is 3.78. The van der Waals surface area contributed by atoms with Gasteiger partial charge < -0.3 is 5.73 Å². The number of rotatable bonds is 2. The molecule has 2 nitrogen and oxygen atoms in total. The zero-order valence-corrected chi connectivity index (χ0v) is 10.2. The molecule has 16 heavy (non-hydrogen) atoms. The summed E-state index contributed by atoms with van der Waals surface area (Å²) in [6.07, 6.45) is 1.82. The highest BCUT2D eigenvalue weighted by Crippen LogP contribution is 2.15. The quantitative estimate of drug-likeness (QED) is 0.657. The Morgan fingerprint density at radius 3 is 2.50 bits per heavy atom. The molecule has 0 aliphatic rings. The van der Waals surface area contributed by atoms with Crippen LogP contribution in [0.5, 0.6) is 0 Å². The highest BCUT2D eigenvalue weighted by atomic mass is 79.9. The van der Waals surface area contributed by atoms with Crippen LogP contribution in [0.4, 0.5) is 11.4 Å². The fourth-order valence-corrected chi connectivity index (χ4v) is 1.57. The van der Waals surface area contributed by atoms with Crippen LogP contribution in [0.3, 0.4) is 0 Å². The van der Waals surface area contributed by atoms with Crippen molar-refractivity contribution in [1.29, 1.82) is 0 Å². The fourth-order valence-electron chi connectivity index (χ4n) is 1.30. The molecule has 0 aromatic heterocycles. The minimum Gasteiger partial charge on any atom is -0.399 e. The summed E-state index contributed by atoms with van der Waals surface area (Å²) in [5.41, 5.74) is 8.32. The lowest BCUT2D eigenvalue weighted by molar-refractivity contribution is 1.52. The molecule has 0 radical (unpaired) electrons. The van der Waals surface area contributed by atoms with E-state index in [0.29, 0.717) is 0 Å². The van der Waals surface area contributed by atoms with Gasteiger partial charge in [-0.25, -0.2) is 0 Å². The van der Waals surface area contributed by atoms with Gasteiger partial charge in [0, 0.05) is 16.4 Å². The third-order valence-corrected chi connectivity index (χ3v) is 2.63. The van der Waals surface area contributed by atoms with Crippen LogP contribution in [-0.2, 0) is 0 Å². The number of nitrogens with two attached hydrogens (primary N) is 1. The number of aliphatic imine (C=N–C) groups is 1. The molecule has 2 N–H and O–H groups in total. The van der Waals surface area contributed by atoms with E-state index in [-0.39, 0.29) is 0 Å². The van der Waals surface area contributed by atoms with E-state index in [2.05, 4.69) is 20.9 Å². The molecule has 0 heterocycles. The second-order valence-electron chi connectivity index (χ2n) is 3.40. The first-order valence-electron chi connectivity index (χ1n) is 4.89. The fraction of sp³-hybridized carbons (Fsp3) is 0. The van der Waals surface area contributed by atoms with Crippen LogP contribution < -0.4 is 5.73 Å². The zero-order chi connectivity index (χ0) is 11.4. The Morgan fingerprint density at radius 2 is 1.81 bits per heavy atom. The summed E-state index contributed by atoms with van der Waals surface area (Å²) in [4.78, 5) is 4.35. The Kier molecular flexibility index (Phi) is 3.37. The van der Waals surface area contributed by atoms with E-state index < -0.39 is 0 Å². The third kappa shape index (κ3) is 2.94. The first-order chi connectivity index (χ1) is 7.74. The van der Waals surface area contributed by atoms with E-state index in [4.69, 9.17) is 5.73 Å². The lowest BCUT2D eigenvalue weighted by Crippen LogP contribution is -1.82. The molecule has 2 aromatic carbocycles. The van der Waals surface area contributed by atoms with E-state index in [1.807, 2.05) is 54.7 Å². The van der Waals surface area contributed by atoms with E-state index >= 15 is 0 Å². The minimum atomic E-state index is 0.727. The van der Waals surface area contributed by atoms with Crippen LogP contribution in [-0.4, -0.2) is 6.21 Å². The summed E-state index contributed by atoms with van der Waals surface area (Å²) in [7, 11) is 0. The van der Waals surface area contributed by atoms with Crippen molar-refractivity contribution in [3.63, 3.8) is 0 Å². The number of nitrogens with zero attached hydrogens (tertiary/aromatic N) is 1. The molecule has 0 saturated heterocycles. The standard InChI is InChI=1S/C13H11BrN2/c14-11-6-4-10(5-7-11)9-16-13-3-1-2-12(15)8-13/h1-9H,15H2. The van der Waals surface area contributed by atoms with Crippen LogP contribution in [0.15, 0.2) is 58.0 Å². The molecule has 0 aliphatic heterocycles. The highest BCUT2D eigenvalue weighted by Gasteiger charge is 1.90. The second-order valence-corrected chi connectivity index (χ2v) is 4.32. The number of hydrogen-bond acceptors (Lipinski definition) is 2. The molecule has 2 rings (SSSR count). The Labute approximate surface area is 103 Å². The third-order valence-electron chi connectivity index (χ3n) is 2.10. The lowest BCUT2D eigenvalue weighted by Gasteiger charge is -1.96. The molecule has 0 bridgehead atoms. The minimum absolute atomic E-state index is 0.727. The van der Waals surface area contributed by atoms with Crippen molar-refractivity contribution in [3.05, 3.63) is 58.6 Å². The molecule has 0 saturated carbocycles. The lowest BCUT2D eigenvalue weighted by atomic mass is 10.2. The van der Waals surface area contributed by atoms with E-state index in [0.717, 1.165) is 21.4 Å². The number of halogens is 1. The summed E-state index contributed by atoms with van der Waals surface area (Å²) >= 11 is 3.39. The van der Waals surface area contributed by atoms with Gasteiger partial charge in [-0.05, 0) is 35.9 Å². The van der Waals surface area contributed by atoms with Crippen molar-refractivity contribution >= 4 is 33.5 Å². The first kappa shape index (κ1) is 10.9. The van der Waals surface area contributed by atoms with E-state index in [1.165, 1.54) is 0 Å². The van der Waals surface area contributed by atoms with Crippen molar-refractivity contribution < 1.29 is 0 Å². The summed E-state index contributed by atoms with van der Waals surface area (Å²) in [5.74, 6) is 0. The number of benzene rings is 2. The number of anilines is 1. The Bertz CT molecular complexity index is 504. The molecule has 80 valence electrons. The van der Waals surface area contributed by atoms with Crippen LogP contribution >= 0.6 is 15.9 Å². The van der Waals surface area contributed by atoms with Gasteiger partial charge >= 0.3 is 0 Å². The molecule has 2 aromatic rings. The summed E-state index contributed by atoms with van der Waals surface area (Å²) in [6.45, 7) is 0. The van der Waals surface area contributed by atoms with Gasteiger partial charge in [-0.1, -0.05) is 34.1 Å². The SMILES string of the molecule is Nc1cccc(N=Cc2ccc(Br)cc2)c1. The van der Waals surface area contributed by atoms with Crippen LogP contribution in [0.1, 0.15) is 5.56 Å². The highest BCUT2D eigenvalue weighted by molar-refractivity contribution is 9.10. The monoisotopic (exact) mass is 274 g/mol. The summed E-state index contributed by atoms with van der Waals surface area (Å²) in [5, 5.41) is 0. The molecule has 0 atom stereocenters. The molecule has 3 heteroatoms. The number of nitrogen functional groups attached to an aromatic ring is 1. The van der Waals surface area contributed by atoms with Crippen molar-refractivity contribution in [2.24, 2.45) is 4.99 Å². The number of hydrogen-bond donors (Lipinski definition) is 1. The molecule has 0 unspecified atom stereocenters. The maximum absolute atomic E-state index is 5.67. The first-order valence-corrected chi connectivity index (χ1v) is 5.68. The second kappa shape index (κ2) is 4.94. The molecule has 0 amide bonds. The maximum atomic E-state index is 5.67. The van der Waals surface area contributed by atoms with Crippen molar-refractivity contribution in [2.75, 3.05) is 5.73 Å². The van der Waals surface area contributed by atoms with Crippen LogP contribution in [0.2, 0.25) is 0 Å². The van der Waals surface area contributed by atoms with Crippen molar-refractivity contribution in [2.45, 2.75) is 0 Å². The average Bonchev–Trinajstić information content (AvgIpc) is 2.28. The Balaban J connectivity index is 2.18. The van der Waals surface area contributed by atoms with E-state index in [9.17, 15) is 0 Å². The zero-order valence-electron chi connectivity index (χ0n) is 8.60. The van der Waals surface area contributed by atoms with Crippen LogP contribution in [0, 0.1) is 0 Å².